The van der Waals surface area contributed by atoms with Gasteiger partial charge >= 0.3 is 5.97 Å². The summed E-state index contributed by atoms with van der Waals surface area (Å²) in [6.45, 7) is 3.93. The number of amides is 1. The summed E-state index contributed by atoms with van der Waals surface area (Å²) in [4.78, 5) is 22.8. The summed E-state index contributed by atoms with van der Waals surface area (Å²) in [5, 5.41) is 15.8. The Morgan fingerprint density at radius 3 is 2.63 bits per heavy atom. The Morgan fingerprint density at radius 2 is 2.16 bits per heavy atom. The number of rotatable bonds is 7. The van der Waals surface area contributed by atoms with Crippen molar-refractivity contribution in [1.29, 1.82) is 0 Å². The van der Waals surface area contributed by atoms with Crippen LogP contribution in [0.15, 0.2) is 6.07 Å². The number of nitrogens with one attached hydrogen (secondary N) is 1. The molecule has 1 heterocycles. The van der Waals surface area contributed by atoms with Crippen molar-refractivity contribution in [1.82, 2.24) is 15.1 Å². The zero-order valence-corrected chi connectivity index (χ0v) is 11.6. The highest BCUT2D eigenvalue weighted by molar-refractivity contribution is 5.93. The largest absolute Gasteiger partial charge is 0.481 e. The molecule has 1 atom stereocenters. The third-order valence-electron chi connectivity index (χ3n) is 2.92. The monoisotopic (exact) mass is 267 g/mol. The van der Waals surface area contributed by atoms with E-state index in [0.29, 0.717) is 12.1 Å². The van der Waals surface area contributed by atoms with Crippen LogP contribution in [0, 0.1) is 0 Å². The Kier molecular flexibility index (Phi) is 5.54. The van der Waals surface area contributed by atoms with Gasteiger partial charge in [0.15, 0.2) is 0 Å². The third-order valence-corrected chi connectivity index (χ3v) is 2.92. The zero-order chi connectivity index (χ0) is 14.4. The maximum atomic E-state index is 12.1. The fourth-order valence-corrected chi connectivity index (χ4v) is 1.96. The molecular weight excluding hydrogens is 246 g/mol. The number of carbonyl (C=O) groups is 2. The molecule has 0 fully saturated rings. The molecule has 6 nitrogen and oxygen atoms in total. The number of aliphatic carboxylic acids is 1. The molecule has 0 aromatic carbocycles. The smallest absolute Gasteiger partial charge is 0.305 e. The van der Waals surface area contributed by atoms with Gasteiger partial charge in [-0.15, -0.1) is 0 Å². The fourth-order valence-electron chi connectivity index (χ4n) is 1.96. The fraction of sp³-hybridized carbons (Fsp3) is 0.615. The molecule has 6 heteroatoms. The van der Waals surface area contributed by atoms with Crippen LogP contribution in [0.5, 0.6) is 0 Å². The van der Waals surface area contributed by atoms with Crippen LogP contribution >= 0.6 is 0 Å². The number of carbonyl (C=O) groups excluding carboxylic acids is 1. The molecule has 0 aliphatic heterocycles. The van der Waals surface area contributed by atoms with Gasteiger partial charge < -0.3 is 10.4 Å². The van der Waals surface area contributed by atoms with Gasteiger partial charge in [0.1, 0.15) is 5.69 Å². The van der Waals surface area contributed by atoms with Gasteiger partial charge in [-0.2, -0.15) is 5.10 Å². The lowest BCUT2D eigenvalue weighted by atomic mass is 10.1. The highest BCUT2D eigenvalue weighted by Crippen LogP contribution is 2.07. The van der Waals surface area contributed by atoms with E-state index in [2.05, 4.69) is 10.4 Å². The standard InChI is InChI=1S/C13H21N3O3/c1-4-6-10(8-12(17)18)14-13(19)11-7-9(5-2)15-16(11)3/h7,10H,4-6,8H2,1-3H3,(H,14,19)(H,17,18). The summed E-state index contributed by atoms with van der Waals surface area (Å²) in [6.07, 6.45) is 2.17. The average molecular weight is 267 g/mol. The van der Waals surface area contributed by atoms with E-state index in [1.54, 1.807) is 13.1 Å². The predicted octanol–water partition coefficient (Wildman–Crippen LogP) is 1.36. The molecule has 0 saturated heterocycles. The first-order chi connectivity index (χ1) is 8.97. The van der Waals surface area contributed by atoms with E-state index in [4.69, 9.17) is 5.11 Å². The molecule has 0 saturated carbocycles. The second-order valence-corrected chi connectivity index (χ2v) is 4.55. The molecule has 106 valence electrons. The van der Waals surface area contributed by atoms with Gasteiger partial charge in [0, 0.05) is 13.1 Å². The van der Waals surface area contributed by atoms with Crippen LogP contribution in [0.2, 0.25) is 0 Å². The molecule has 0 spiro atoms. The van der Waals surface area contributed by atoms with E-state index < -0.39 is 5.97 Å². The Morgan fingerprint density at radius 1 is 1.47 bits per heavy atom. The van der Waals surface area contributed by atoms with Gasteiger partial charge in [-0.1, -0.05) is 20.3 Å². The van der Waals surface area contributed by atoms with E-state index in [9.17, 15) is 9.59 Å². The molecule has 1 amide bonds. The first-order valence-electron chi connectivity index (χ1n) is 6.53. The number of aryl methyl sites for hydroxylation is 2. The lowest BCUT2D eigenvalue weighted by molar-refractivity contribution is -0.137. The first kappa shape index (κ1) is 15.2. The Balaban J connectivity index is 2.74. The summed E-state index contributed by atoms with van der Waals surface area (Å²) in [5.74, 6) is -1.17. The molecule has 1 aromatic rings. The van der Waals surface area contributed by atoms with E-state index >= 15 is 0 Å². The number of carboxylic acid groups (broad SMARTS) is 1. The van der Waals surface area contributed by atoms with Crippen molar-refractivity contribution in [3.63, 3.8) is 0 Å². The average Bonchev–Trinajstić information content (AvgIpc) is 2.70. The minimum atomic E-state index is -0.905. The highest BCUT2D eigenvalue weighted by atomic mass is 16.4. The molecule has 0 aliphatic rings. The summed E-state index contributed by atoms with van der Waals surface area (Å²) in [7, 11) is 1.71. The van der Waals surface area contributed by atoms with Crippen LogP contribution in [-0.4, -0.2) is 32.8 Å². The van der Waals surface area contributed by atoms with Crippen molar-refractivity contribution in [3.05, 3.63) is 17.5 Å². The lowest BCUT2D eigenvalue weighted by Crippen LogP contribution is -2.37. The maximum absolute atomic E-state index is 12.1. The molecule has 0 aliphatic carbocycles. The van der Waals surface area contributed by atoms with Crippen LogP contribution in [0.1, 0.15) is 49.3 Å². The number of hydrogen-bond acceptors (Lipinski definition) is 3. The second-order valence-electron chi connectivity index (χ2n) is 4.55. The van der Waals surface area contributed by atoms with Gasteiger partial charge in [0.2, 0.25) is 0 Å². The van der Waals surface area contributed by atoms with E-state index in [1.807, 2.05) is 13.8 Å². The quantitative estimate of drug-likeness (QED) is 0.781. The van der Waals surface area contributed by atoms with Gasteiger partial charge in [-0.3, -0.25) is 14.3 Å². The molecule has 1 aromatic heterocycles. The zero-order valence-electron chi connectivity index (χ0n) is 11.6. The van der Waals surface area contributed by atoms with Crippen LogP contribution in [0.3, 0.4) is 0 Å². The minimum absolute atomic E-state index is 0.0575. The van der Waals surface area contributed by atoms with Crippen molar-refractivity contribution in [2.75, 3.05) is 0 Å². The van der Waals surface area contributed by atoms with Crippen LogP contribution < -0.4 is 5.32 Å². The number of nitrogens with zero attached hydrogens (tertiary/aromatic N) is 2. The van der Waals surface area contributed by atoms with Crippen molar-refractivity contribution in [3.8, 4) is 0 Å². The van der Waals surface area contributed by atoms with Crippen LogP contribution in [0.25, 0.3) is 0 Å². The summed E-state index contributed by atoms with van der Waals surface area (Å²) in [5.41, 5.74) is 1.31. The summed E-state index contributed by atoms with van der Waals surface area (Å²) in [6, 6.07) is 1.40. The van der Waals surface area contributed by atoms with Gasteiger partial charge in [0.05, 0.1) is 12.1 Å². The van der Waals surface area contributed by atoms with Gasteiger partial charge in [0.25, 0.3) is 5.91 Å². The molecule has 19 heavy (non-hydrogen) atoms. The normalized spacial score (nSPS) is 12.2. The predicted molar refractivity (Wildman–Crippen MR) is 71.0 cm³/mol. The highest BCUT2D eigenvalue weighted by Gasteiger charge is 2.18. The number of hydrogen-bond donors (Lipinski definition) is 2. The third kappa shape index (κ3) is 4.39. The first-order valence-corrected chi connectivity index (χ1v) is 6.53. The van der Waals surface area contributed by atoms with Crippen molar-refractivity contribution < 1.29 is 14.7 Å². The summed E-state index contributed by atoms with van der Waals surface area (Å²) < 4.78 is 1.53. The topological polar surface area (TPSA) is 84.2 Å². The summed E-state index contributed by atoms with van der Waals surface area (Å²) >= 11 is 0. The number of carboxylic acids is 1. The number of aromatic nitrogens is 2. The molecule has 0 bridgehead atoms. The van der Waals surface area contributed by atoms with Crippen LogP contribution in [-0.2, 0) is 18.3 Å². The maximum Gasteiger partial charge on any atom is 0.305 e. The van der Waals surface area contributed by atoms with E-state index in [-0.39, 0.29) is 18.4 Å². The Hall–Kier alpha value is -1.85. The second kappa shape index (κ2) is 6.92. The van der Waals surface area contributed by atoms with Gasteiger partial charge in [-0.05, 0) is 18.9 Å². The molecule has 1 unspecified atom stereocenters. The SMILES string of the molecule is CCCC(CC(=O)O)NC(=O)c1cc(CC)nn1C. The van der Waals surface area contributed by atoms with E-state index in [1.165, 1.54) is 4.68 Å². The van der Waals surface area contributed by atoms with Crippen LogP contribution in [0.4, 0.5) is 0 Å². The van der Waals surface area contributed by atoms with Gasteiger partial charge in [-0.25, -0.2) is 0 Å². The van der Waals surface area contributed by atoms with Crippen molar-refractivity contribution in [2.45, 2.75) is 45.6 Å². The molecular formula is C13H21N3O3. The Bertz CT molecular complexity index is 454. The molecule has 0 radical (unpaired) electrons. The minimum Gasteiger partial charge on any atom is -0.481 e. The Labute approximate surface area is 112 Å². The van der Waals surface area contributed by atoms with Crippen molar-refractivity contribution in [2.24, 2.45) is 7.05 Å². The molecule has 2 N–H and O–H groups in total. The molecule has 1 rings (SSSR count). The van der Waals surface area contributed by atoms with E-state index in [0.717, 1.165) is 18.5 Å². The lowest BCUT2D eigenvalue weighted by Gasteiger charge is -2.15. The van der Waals surface area contributed by atoms with Crippen molar-refractivity contribution >= 4 is 11.9 Å².